The van der Waals surface area contributed by atoms with Crippen LogP contribution in [0.4, 0.5) is 11.4 Å². The van der Waals surface area contributed by atoms with Crippen molar-refractivity contribution in [1.82, 2.24) is 0 Å². The first kappa shape index (κ1) is 15.1. The first-order valence-electron chi connectivity index (χ1n) is 6.94. The molecule has 0 saturated carbocycles. The van der Waals surface area contributed by atoms with E-state index in [1.807, 2.05) is 6.07 Å². The van der Waals surface area contributed by atoms with Gasteiger partial charge in [-0.25, -0.2) is 0 Å². The van der Waals surface area contributed by atoms with Crippen LogP contribution in [0.2, 0.25) is 0 Å². The number of halogens is 1. The Hall–Kier alpha value is -1.32. The van der Waals surface area contributed by atoms with E-state index in [2.05, 4.69) is 77.3 Å². The summed E-state index contributed by atoms with van der Waals surface area (Å²) < 4.78 is 1.10. The Balaban J connectivity index is 2.35. The highest BCUT2D eigenvalue weighted by Gasteiger charge is 2.12. The molecule has 20 heavy (non-hydrogen) atoms. The second-order valence-electron chi connectivity index (χ2n) is 5.04. The topological polar surface area (TPSA) is 29.3 Å². The summed E-state index contributed by atoms with van der Waals surface area (Å²) in [6.45, 7) is 2.13. The predicted molar refractivity (Wildman–Crippen MR) is 90.6 cm³/mol. The van der Waals surface area contributed by atoms with E-state index >= 15 is 0 Å². The smallest absolute Gasteiger partial charge is 0.0442 e. The number of nitrogens with zero attached hydrogens (tertiary/aromatic N) is 1. The molecule has 3 heteroatoms. The molecule has 2 N–H and O–H groups in total. The lowest BCUT2D eigenvalue weighted by molar-refractivity contribution is 0.646. The molecule has 106 valence electrons. The van der Waals surface area contributed by atoms with E-state index in [1.54, 1.807) is 0 Å². The second kappa shape index (κ2) is 6.91. The van der Waals surface area contributed by atoms with Crippen molar-refractivity contribution in [2.75, 3.05) is 11.9 Å². The highest BCUT2D eigenvalue weighted by molar-refractivity contribution is 9.10. The Morgan fingerprint density at radius 1 is 1.15 bits per heavy atom. The Bertz CT molecular complexity index is 554. The van der Waals surface area contributed by atoms with Crippen LogP contribution < -0.4 is 10.6 Å². The summed E-state index contributed by atoms with van der Waals surface area (Å²) in [4.78, 5) is 2.21. The van der Waals surface area contributed by atoms with Crippen LogP contribution in [0.15, 0.2) is 53.0 Å². The van der Waals surface area contributed by atoms with Crippen LogP contribution in [0.25, 0.3) is 0 Å². The third-order valence-electron chi connectivity index (χ3n) is 3.55. The van der Waals surface area contributed by atoms with Crippen molar-refractivity contribution in [1.29, 1.82) is 0 Å². The molecule has 0 aliphatic carbocycles. The molecular weight excluding hydrogens is 312 g/mol. The zero-order valence-corrected chi connectivity index (χ0v) is 13.6. The minimum Gasteiger partial charge on any atom is -0.344 e. The molecule has 0 aliphatic rings. The zero-order valence-electron chi connectivity index (χ0n) is 12.0. The molecule has 2 rings (SSSR count). The average Bonchev–Trinajstić information content (AvgIpc) is 2.47. The minimum absolute atomic E-state index is 0.201. The van der Waals surface area contributed by atoms with Crippen LogP contribution in [0, 0.1) is 0 Å². The third-order valence-corrected chi connectivity index (χ3v) is 4.05. The van der Waals surface area contributed by atoms with Crippen molar-refractivity contribution in [2.45, 2.75) is 25.8 Å². The number of para-hydroxylation sites is 1. The van der Waals surface area contributed by atoms with Gasteiger partial charge in [-0.05, 0) is 48.7 Å². The fourth-order valence-electron chi connectivity index (χ4n) is 2.26. The average molecular weight is 333 g/mol. The Morgan fingerprint density at radius 3 is 2.50 bits per heavy atom. The molecule has 0 radical (unpaired) electrons. The maximum atomic E-state index is 6.13. The van der Waals surface area contributed by atoms with Crippen LogP contribution in [-0.2, 0) is 6.42 Å². The third kappa shape index (κ3) is 3.62. The molecule has 0 aliphatic heterocycles. The van der Waals surface area contributed by atoms with Gasteiger partial charge in [-0.15, -0.1) is 0 Å². The van der Waals surface area contributed by atoms with Crippen LogP contribution in [0.3, 0.4) is 0 Å². The van der Waals surface area contributed by atoms with Crippen molar-refractivity contribution in [3.05, 3.63) is 58.6 Å². The van der Waals surface area contributed by atoms with Gasteiger partial charge >= 0.3 is 0 Å². The molecule has 1 unspecified atom stereocenters. The van der Waals surface area contributed by atoms with E-state index < -0.39 is 0 Å². The maximum Gasteiger partial charge on any atom is 0.0442 e. The molecule has 0 heterocycles. The fraction of sp³-hybridized carbons (Fsp3) is 0.294. The van der Waals surface area contributed by atoms with Gasteiger partial charge in [-0.1, -0.05) is 41.1 Å². The van der Waals surface area contributed by atoms with Gasteiger partial charge < -0.3 is 10.6 Å². The summed E-state index contributed by atoms with van der Waals surface area (Å²) in [5.41, 5.74) is 9.80. The number of rotatable bonds is 5. The molecule has 2 nitrogen and oxygen atoms in total. The van der Waals surface area contributed by atoms with E-state index in [9.17, 15) is 0 Å². The molecule has 0 amide bonds. The van der Waals surface area contributed by atoms with Crippen LogP contribution in [0.1, 0.15) is 18.9 Å². The summed E-state index contributed by atoms with van der Waals surface area (Å²) in [7, 11) is 2.10. The van der Waals surface area contributed by atoms with E-state index in [1.165, 1.54) is 16.9 Å². The summed E-state index contributed by atoms with van der Waals surface area (Å²) in [6.07, 6.45) is 1.88. The Labute approximate surface area is 129 Å². The van der Waals surface area contributed by atoms with E-state index in [0.717, 1.165) is 17.3 Å². The number of nitrogens with two attached hydrogens (primary N) is 1. The van der Waals surface area contributed by atoms with Gasteiger partial charge in [0.2, 0.25) is 0 Å². The molecule has 0 saturated heterocycles. The van der Waals surface area contributed by atoms with E-state index in [-0.39, 0.29) is 6.04 Å². The van der Waals surface area contributed by atoms with Gasteiger partial charge in [0.1, 0.15) is 0 Å². The lowest BCUT2D eigenvalue weighted by Crippen LogP contribution is -2.23. The summed E-state index contributed by atoms with van der Waals surface area (Å²) in [5, 5.41) is 0. The van der Waals surface area contributed by atoms with Crippen molar-refractivity contribution in [3.8, 4) is 0 Å². The first-order chi connectivity index (χ1) is 9.61. The van der Waals surface area contributed by atoms with Crippen molar-refractivity contribution < 1.29 is 0 Å². The largest absolute Gasteiger partial charge is 0.344 e. The normalized spacial score (nSPS) is 12.2. The number of anilines is 2. The zero-order chi connectivity index (χ0) is 14.5. The molecule has 0 aromatic heterocycles. The Kier molecular flexibility index (Phi) is 5.21. The molecule has 0 bridgehead atoms. The molecule has 2 aromatic rings. The van der Waals surface area contributed by atoms with Crippen molar-refractivity contribution in [3.63, 3.8) is 0 Å². The van der Waals surface area contributed by atoms with Crippen LogP contribution in [-0.4, -0.2) is 13.1 Å². The summed E-state index contributed by atoms with van der Waals surface area (Å²) in [6, 6.07) is 17.0. The van der Waals surface area contributed by atoms with E-state index in [0.29, 0.717) is 0 Å². The SMILES string of the molecule is CCC(N)Cc1cc(Br)ccc1N(C)c1ccccc1. The monoisotopic (exact) mass is 332 g/mol. The maximum absolute atomic E-state index is 6.13. The van der Waals surface area contributed by atoms with Gasteiger partial charge in [0, 0.05) is 28.9 Å². The lowest BCUT2D eigenvalue weighted by Gasteiger charge is -2.24. The molecule has 0 spiro atoms. The summed E-state index contributed by atoms with van der Waals surface area (Å²) in [5.74, 6) is 0. The van der Waals surface area contributed by atoms with E-state index in [4.69, 9.17) is 5.73 Å². The van der Waals surface area contributed by atoms with Crippen molar-refractivity contribution in [2.24, 2.45) is 5.73 Å². The van der Waals surface area contributed by atoms with Gasteiger partial charge in [0.05, 0.1) is 0 Å². The molecule has 0 fully saturated rings. The van der Waals surface area contributed by atoms with Gasteiger partial charge in [-0.3, -0.25) is 0 Å². The number of benzene rings is 2. The second-order valence-corrected chi connectivity index (χ2v) is 5.96. The lowest BCUT2D eigenvalue weighted by atomic mass is 10.0. The quantitative estimate of drug-likeness (QED) is 0.873. The highest BCUT2D eigenvalue weighted by Crippen LogP contribution is 2.30. The van der Waals surface area contributed by atoms with Gasteiger partial charge in [0.15, 0.2) is 0 Å². The first-order valence-corrected chi connectivity index (χ1v) is 7.74. The Morgan fingerprint density at radius 2 is 1.85 bits per heavy atom. The van der Waals surface area contributed by atoms with Crippen molar-refractivity contribution >= 4 is 27.3 Å². The predicted octanol–water partition coefficient (Wildman–Crippen LogP) is 4.50. The fourth-order valence-corrected chi connectivity index (χ4v) is 2.67. The number of hydrogen-bond donors (Lipinski definition) is 1. The van der Waals surface area contributed by atoms with Crippen LogP contribution in [0.5, 0.6) is 0 Å². The molecule has 1 atom stereocenters. The molecular formula is C17H21BrN2. The van der Waals surface area contributed by atoms with Gasteiger partial charge in [-0.2, -0.15) is 0 Å². The highest BCUT2D eigenvalue weighted by atomic mass is 79.9. The number of hydrogen-bond acceptors (Lipinski definition) is 2. The van der Waals surface area contributed by atoms with Crippen LogP contribution >= 0.6 is 15.9 Å². The summed E-state index contributed by atoms with van der Waals surface area (Å²) >= 11 is 3.55. The minimum atomic E-state index is 0.201. The van der Waals surface area contributed by atoms with Gasteiger partial charge in [0.25, 0.3) is 0 Å². The standard InChI is InChI=1S/C17H21BrN2/c1-3-15(19)12-13-11-14(18)9-10-17(13)20(2)16-7-5-4-6-8-16/h4-11,15H,3,12,19H2,1-2H3. The molecule has 2 aromatic carbocycles.